The van der Waals surface area contributed by atoms with Crippen molar-refractivity contribution in [3.05, 3.63) is 71.3 Å². The molecule has 4 aromatic rings. The predicted molar refractivity (Wildman–Crippen MR) is 133 cm³/mol. The van der Waals surface area contributed by atoms with Gasteiger partial charge in [0.1, 0.15) is 23.0 Å². The van der Waals surface area contributed by atoms with Gasteiger partial charge < -0.3 is 9.67 Å². The Morgan fingerprint density at radius 2 is 1.72 bits per heavy atom. The van der Waals surface area contributed by atoms with Crippen LogP contribution < -0.4 is 0 Å². The lowest BCUT2D eigenvalue weighted by molar-refractivity contribution is 0.0791. The first-order chi connectivity index (χ1) is 17.3. The molecule has 3 aromatic heterocycles. The first-order valence-corrected chi connectivity index (χ1v) is 12.3. The first kappa shape index (κ1) is 24.4. The Morgan fingerprint density at radius 3 is 2.42 bits per heavy atom. The molecule has 1 N–H and O–H groups in total. The van der Waals surface area contributed by atoms with Gasteiger partial charge in [-0.15, -0.1) is 0 Å². The number of aliphatic hydroxyl groups is 1. The van der Waals surface area contributed by atoms with Crippen LogP contribution in [-0.4, -0.2) is 53.7 Å². The molecule has 1 aromatic carbocycles. The number of rotatable bonds is 6. The maximum absolute atomic E-state index is 14.9. The van der Waals surface area contributed by atoms with Gasteiger partial charge in [-0.2, -0.15) is 0 Å². The highest BCUT2D eigenvalue weighted by atomic mass is 19.1. The summed E-state index contributed by atoms with van der Waals surface area (Å²) in [5, 5.41) is 9.67. The largest absolute Gasteiger partial charge is 0.393 e. The van der Waals surface area contributed by atoms with Crippen LogP contribution in [-0.2, 0) is 13.0 Å². The molecule has 1 saturated heterocycles. The summed E-state index contributed by atoms with van der Waals surface area (Å²) < 4.78 is 31.7. The number of piperidine rings is 1. The second-order valence-corrected chi connectivity index (χ2v) is 9.80. The number of hydrogen-bond donors (Lipinski definition) is 1. The molecule has 9 heteroatoms. The average molecular weight is 493 g/mol. The normalized spacial score (nSPS) is 15.3. The Balaban J connectivity index is 1.38. The third-order valence-electron chi connectivity index (χ3n) is 6.73. The van der Waals surface area contributed by atoms with E-state index in [1.165, 1.54) is 6.07 Å². The van der Waals surface area contributed by atoms with Crippen LogP contribution >= 0.6 is 0 Å². The number of nitrogens with zero attached hydrogens (tertiary/aromatic N) is 6. The molecule has 0 saturated carbocycles. The van der Waals surface area contributed by atoms with E-state index in [0.29, 0.717) is 34.8 Å². The third-order valence-corrected chi connectivity index (χ3v) is 6.73. The molecule has 0 bridgehead atoms. The molecule has 4 heterocycles. The molecule has 0 aliphatic carbocycles. The monoisotopic (exact) mass is 492 g/mol. The minimum atomic E-state index is -0.521. The van der Waals surface area contributed by atoms with Crippen LogP contribution in [0.1, 0.15) is 55.6 Å². The number of aryl methyl sites for hydroxylation is 1. The second-order valence-electron chi connectivity index (χ2n) is 9.80. The third kappa shape index (κ3) is 4.99. The number of aliphatic hydroxyl groups excluding tert-OH is 1. The van der Waals surface area contributed by atoms with Crippen molar-refractivity contribution in [3.8, 4) is 11.1 Å². The van der Waals surface area contributed by atoms with E-state index in [1.807, 2.05) is 25.3 Å². The van der Waals surface area contributed by atoms with Crippen LogP contribution in [0.4, 0.5) is 8.78 Å². The van der Waals surface area contributed by atoms with Gasteiger partial charge in [0.2, 0.25) is 0 Å². The van der Waals surface area contributed by atoms with Gasteiger partial charge in [-0.1, -0.05) is 0 Å². The summed E-state index contributed by atoms with van der Waals surface area (Å²) in [7, 11) is 0. The summed E-state index contributed by atoms with van der Waals surface area (Å²) in [6.07, 6.45) is 6.47. The van der Waals surface area contributed by atoms with Crippen LogP contribution in [0.25, 0.3) is 22.2 Å². The zero-order valence-corrected chi connectivity index (χ0v) is 20.7. The molecule has 7 nitrogen and oxygen atoms in total. The number of aromatic nitrogens is 5. The van der Waals surface area contributed by atoms with Gasteiger partial charge in [0.15, 0.2) is 5.82 Å². The fourth-order valence-corrected chi connectivity index (χ4v) is 4.93. The van der Waals surface area contributed by atoms with E-state index in [-0.39, 0.29) is 23.2 Å². The number of likely N-dealkylation sites (tertiary alicyclic amines) is 1. The number of benzene rings is 1. The number of pyridine rings is 1. The van der Waals surface area contributed by atoms with E-state index in [9.17, 15) is 13.9 Å². The average Bonchev–Trinajstić information content (AvgIpc) is 3.19. The topological polar surface area (TPSA) is 80.0 Å². The highest BCUT2D eigenvalue weighted by Gasteiger charge is 2.19. The summed E-state index contributed by atoms with van der Waals surface area (Å²) in [5.41, 5.74) is 3.23. The maximum atomic E-state index is 14.9. The molecule has 5 rings (SSSR count). The van der Waals surface area contributed by atoms with Gasteiger partial charge >= 0.3 is 0 Å². The predicted octanol–water partition coefficient (Wildman–Crippen LogP) is 4.60. The molecule has 1 fully saturated rings. The van der Waals surface area contributed by atoms with Gasteiger partial charge in [-0.05, 0) is 57.4 Å². The molecular formula is C27H30F2N6O. The molecule has 1 aliphatic rings. The van der Waals surface area contributed by atoms with Crippen LogP contribution in [0.5, 0.6) is 0 Å². The van der Waals surface area contributed by atoms with Crippen LogP contribution in [0, 0.1) is 18.6 Å². The van der Waals surface area contributed by atoms with Gasteiger partial charge in [-0.25, -0.2) is 23.7 Å². The maximum Gasteiger partial charge on any atom is 0.151 e. The molecule has 0 atom stereocenters. The smallest absolute Gasteiger partial charge is 0.151 e. The fourth-order valence-electron chi connectivity index (χ4n) is 4.93. The summed E-state index contributed by atoms with van der Waals surface area (Å²) >= 11 is 0. The zero-order valence-electron chi connectivity index (χ0n) is 20.7. The van der Waals surface area contributed by atoms with Crippen molar-refractivity contribution in [2.75, 3.05) is 13.1 Å². The molecule has 0 amide bonds. The summed E-state index contributed by atoms with van der Waals surface area (Å²) in [4.78, 5) is 19.8. The van der Waals surface area contributed by atoms with E-state index < -0.39 is 11.6 Å². The minimum absolute atomic E-state index is 0.0872. The van der Waals surface area contributed by atoms with E-state index in [0.717, 1.165) is 44.2 Å². The Labute approximate surface area is 208 Å². The summed E-state index contributed by atoms with van der Waals surface area (Å²) in [6, 6.07) is 4.83. The highest BCUT2D eigenvalue weighted by Crippen LogP contribution is 2.31. The van der Waals surface area contributed by atoms with Crippen LogP contribution in [0.3, 0.4) is 0 Å². The molecular weight excluding hydrogens is 462 g/mol. The number of imidazole rings is 1. The Hall–Kier alpha value is -3.30. The molecule has 0 spiro atoms. The molecule has 0 unspecified atom stereocenters. The van der Waals surface area contributed by atoms with Crippen molar-refractivity contribution >= 4 is 11.0 Å². The minimum Gasteiger partial charge on any atom is -0.393 e. The van der Waals surface area contributed by atoms with Gasteiger partial charge in [0.05, 0.1) is 24.2 Å². The number of hydrogen-bond acceptors (Lipinski definition) is 6. The van der Waals surface area contributed by atoms with Crippen molar-refractivity contribution in [1.29, 1.82) is 0 Å². The van der Waals surface area contributed by atoms with E-state index in [1.54, 1.807) is 24.5 Å². The van der Waals surface area contributed by atoms with Gasteiger partial charge in [0, 0.05) is 54.9 Å². The molecule has 188 valence electrons. The number of halogens is 2. The number of fused-ring (bicyclic) bond motifs is 1. The lowest BCUT2D eigenvalue weighted by Crippen LogP contribution is -2.35. The van der Waals surface area contributed by atoms with Crippen LogP contribution in [0.2, 0.25) is 0 Å². The standard InChI is InChI=1S/C27H30F2N6O/c1-16(2)35-17(3)33-27-23(28)8-19(9-25(27)35)22-10-20(30-14-24(22)29)11-26-31-12-18(13-32-26)15-34-6-4-21(36)5-7-34/h8-10,12-14,16,21,36H,4-7,11,15H2,1-3H3. The SMILES string of the molecule is Cc1nc2c(F)cc(-c3cc(Cc4ncc(CN5CCC(O)CC5)cn4)ncc3F)cc2n1C(C)C. The van der Waals surface area contributed by atoms with Gasteiger partial charge in [0.25, 0.3) is 0 Å². The lowest BCUT2D eigenvalue weighted by Gasteiger charge is -2.29. The quantitative estimate of drug-likeness (QED) is 0.424. The van der Waals surface area contributed by atoms with E-state index in [2.05, 4.69) is 24.8 Å². The highest BCUT2D eigenvalue weighted by molar-refractivity contribution is 5.83. The zero-order chi connectivity index (χ0) is 25.4. The molecule has 1 aliphatic heterocycles. The second kappa shape index (κ2) is 9.99. The van der Waals surface area contributed by atoms with Crippen molar-refractivity contribution in [2.24, 2.45) is 0 Å². The van der Waals surface area contributed by atoms with Crippen molar-refractivity contribution < 1.29 is 13.9 Å². The van der Waals surface area contributed by atoms with Crippen LogP contribution in [0.15, 0.2) is 36.8 Å². The summed E-state index contributed by atoms with van der Waals surface area (Å²) in [5.74, 6) is 0.288. The Morgan fingerprint density at radius 1 is 1.00 bits per heavy atom. The van der Waals surface area contributed by atoms with Gasteiger partial charge in [-0.3, -0.25) is 9.88 Å². The van der Waals surface area contributed by atoms with Crippen molar-refractivity contribution in [3.63, 3.8) is 0 Å². The Bertz CT molecular complexity index is 1380. The van der Waals surface area contributed by atoms with E-state index >= 15 is 0 Å². The van der Waals surface area contributed by atoms with Crippen molar-refractivity contribution in [2.45, 2.75) is 58.7 Å². The molecule has 0 radical (unpaired) electrons. The fraction of sp³-hybridized carbons (Fsp3) is 0.407. The summed E-state index contributed by atoms with van der Waals surface area (Å²) in [6.45, 7) is 8.31. The van der Waals surface area contributed by atoms with Crippen molar-refractivity contribution in [1.82, 2.24) is 29.4 Å². The Kier molecular flexibility index (Phi) is 6.77. The van der Waals surface area contributed by atoms with E-state index in [4.69, 9.17) is 0 Å². The molecule has 36 heavy (non-hydrogen) atoms. The lowest BCUT2D eigenvalue weighted by atomic mass is 10.0. The first-order valence-electron chi connectivity index (χ1n) is 12.3.